The van der Waals surface area contributed by atoms with Gasteiger partial charge >= 0.3 is 13.1 Å². The molecule has 2 fully saturated rings. The molecule has 3 aliphatic rings. The van der Waals surface area contributed by atoms with Crippen LogP contribution in [0.5, 0.6) is 5.88 Å². The second-order valence-corrected chi connectivity index (χ2v) is 16.3. The predicted molar refractivity (Wildman–Crippen MR) is 181 cm³/mol. The molecular formula is C34H46BN5O6S. The molecule has 6 rings (SSSR count). The van der Waals surface area contributed by atoms with Crippen LogP contribution in [0.4, 0.5) is 10.5 Å². The number of anilines is 1. The number of nitrogens with one attached hydrogen (secondary N) is 2. The number of aryl methyl sites for hydroxylation is 1. The molecule has 1 aliphatic heterocycles. The Morgan fingerprint density at radius 3 is 2.40 bits per heavy atom. The van der Waals surface area contributed by atoms with Gasteiger partial charge in [-0.25, -0.2) is 14.5 Å². The van der Waals surface area contributed by atoms with Gasteiger partial charge in [0.1, 0.15) is 6.10 Å². The van der Waals surface area contributed by atoms with Crippen molar-refractivity contribution in [3.8, 4) is 17.0 Å². The number of benzene rings is 1. The molecule has 2 aromatic heterocycles. The number of ether oxygens (including phenoxy) is 1. The maximum atomic E-state index is 13.2. The number of nitrogens with zero attached hydrogens (tertiary/aromatic N) is 3. The van der Waals surface area contributed by atoms with Gasteiger partial charge in [0.25, 0.3) is 10.0 Å². The molecule has 0 spiro atoms. The lowest BCUT2D eigenvalue weighted by Crippen LogP contribution is -2.41. The lowest BCUT2D eigenvalue weighted by molar-refractivity contribution is 0.00578. The van der Waals surface area contributed by atoms with E-state index in [9.17, 15) is 13.2 Å². The fraction of sp³-hybridized carbons (Fsp3) is 0.559. The van der Waals surface area contributed by atoms with Crippen LogP contribution in [0.25, 0.3) is 11.1 Å². The number of carbonyl (C=O) groups excluding carboxylic acids is 1. The maximum Gasteiger partial charge on any atom is 0.464 e. The Morgan fingerprint density at radius 2 is 1.74 bits per heavy atom. The van der Waals surface area contributed by atoms with E-state index in [2.05, 4.69) is 60.8 Å². The van der Waals surface area contributed by atoms with Crippen LogP contribution in [0.1, 0.15) is 97.7 Å². The molecule has 11 nitrogen and oxygen atoms in total. The number of rotatable bonds is 8. The first-order valence-electron chi connectivity index (χ1n) is 16.6. The average Bonchev–Trinajstić information content (AvgIpc) is 3.73. The predicted octanol–water partition coefficient (Wildman–Crippen LogP) is 6.70. The fourth-order valence-electron chi connectivity index (χ4n) is 6.66. The summed E-state index contributed by atoms with van der Waals surface area (Å²) in [6.45, 7) is 14.4. The molecule has 0 atom stereocenters. The quantitative estimate of drug-likeness (QED) is 0.255. The number of hydrogen-bond acceptors (Lipinski definition) is 8. The summed E-state index contributed by atoms with van der Waals surface area (Å²) in [5, 5.41) is 6.66. The first-order chi connectivity index (χ1) is 22.1. The molecule has 0 radical (unpaired) electrons. The summed E-state index contributed by atoms with van der Waals surface area (Å²) < 4.78 is 48.9. The summed E-state index contributed by atoms with van der Waals surface area (Å²) in [5.41, 5.74) is 3.59. The van der Waals surface area contributed by atoms with Crippen LogP contribution >= 0.6 is 0 Å². The maximum absolute atomic E-state index is 13.2. The third kappa shape index (κ3) is 6.67. The van der Waals surface area contributed by atoms with Crippen LogP contribution in [0, 0.1) is 0 Å². The van der Waals surface area contributed by atoms with Crippen molar-refractivity contribution in [1.29, 1.82) is 0 Å². The number of fused-ring (bicyclic) bond motifs is 1. The van der Waals surface area contributed by atoms with E-state index in [-0.39, 0.29) is 40.8 Å². The van der Waals surface area contributed by atoms with Crippen LogP contribution in [-0.2, 0) is 32.2 Å². The van der Waals surface area contributed by atoms with Crippen LogP contribution in [0.15, 0.2) is 47.8 Å². The van der Waals surface area contributed by atoms with Gasteiger partial charge in [0, 0.05) is 35.4 Å². The minimum atomic E-state index is -4.17. The summed E-state index contributed by atoms with van der Waals surface area (Å²) in [7, 11) is -4.43. The van der Waals surface area contributed by atoms with Crippen molar-refractivity contribution in [3.63, 3.8) is 0 Å². The molecule has 1 saturated heterocycles. The van der Waals surface area contributed by atoms with Crippen molar-refractivity contribution < 1.29 is 27.3 Å². The van der Waals surface area contributed by atoms with Crippen molar-refractivity contribution >= 4 is 28.9 Å². The molecule has 252 valence electrons. The van der Waals surface area contributed by atoms with Gasteiger partial charge in [-0.05, 0) is 115 Å². The standard InChI is InChI=1S/C34H46BN5O6S/c1-22(2)40-20-16-29(38-40)47(42,43)39-31(41)37-30-26-10-8-9-23(26)11-12-27(30)24-15-19-36-28(21-24)44-25-13-17-34(7,18-14-25)35-45-32(3,4)33(5,6)46-35/h11-12,15-16,19-22,25H,8-10,13-14,17-18H2,1-7H3,(H2,37,39,41). The Balaban J connectivity index is 1.16. The number of pyridine rings is 1. The van der Waals surface area contributed by atoms with Crippen LogP contribution in [0.3, 0.4) is 0 Å². The highest BCUT2D eigenvalue weighted by atomic mass is 32.2. The van der Waals surface area contributed by atoms with Crippen molar-refractivity contribution in [2.24, 2.45) is 0 Å². The van der Waals surface area contributed by atoms with E-state index in [1.54, 1.807) is 12.4 Å². The summed E-state index contributed by atoms with van der Waals surface area (Å²) >= 11 is 0. The van der Waals surface area contributed by atoms with Crippen LogP contribution in [-0.4, -0.2) is 53.6 Å². The van der Waals surface area contributed by atoms with E-state index < -0.39 is 16.1 Å². The normalized spacial score (nSPS) is 23.5. The third-order valence-corrected chi connectivity index (χ3v) is 11.6. The largest absolute Gasteiger partial charge is 0.474 e. The Morgan fingerprint density at radius 1 is 1.04 bits per heavy atom. The Labute approximate surface area is 278 Å². The lowest BCUT2D eigenvalue weighted by atomic mass is 9.52. The van der Waals surface area contributed by atoms with Gasteiger partial charge in [0.2, 0.25) is 5.88 Å². The first-order valence-corrected chi connectivity index (χ1v) is 18.1. The minimum Gasteiger partial charge on any atom is -0.474 e. The van der Waals surface area contributed by atoms with Gasteiger partial charge in [-0.3, -0.25) is 4.68 Å². The summed E-state index contributed by atoms with van der Waals surface area (Å²) in [6.07, 6.45) is 9.42. The smallest absolute Gasteiger partial charge is 0.464 e. The van der Waals surface area contributed by atoms with Crippen LogP contribution in [0.2, 0.25) is 5.31 Å². The summed E-state index contributed by atoms with van der Waals surface area (Å²) in [5.74, 6) is 0.506. The molecule has 2 N–H and O–H groups in total. The van der Waals surface area contributed by atoms with Gasteiger partial charge in [0.05, 0.1) is 16.9 Å². The Hall–Kier alpha value is -3.42. The minimum absolute atomic E-state index is 0.000944. The molecule has 13 heteroatoms. The van der Waals surface area contributed by atoms with E-state index in [1.165, 1.54) is 10.7 Å². The van der Waals surface area contributed by atoms with Gasteiger partial charge < -0.3 is 19.4 Å². The summed E-state index contributed by atoms with van der Waals surface area (Å²) in [6, 6.07) is 8.32. The third-order valence-electron chi connectivity index (χ3n) is 10.4. The number of aromatic nitrogens is 3. The van der Waals surface area contributed by atoms with E-state index in [1.807, 2.05) is 32.0 Å². The number of hydrogen-bond donors (Lipinski definition) is 2. The monoisotopic (exact) mass is 663 g/mol. The lowest BCUT2D eigenvalue weighted by Gasteiger charge is -2.38. The molecule has 3 aromatic rings. The van der Waals surface area contributed by atoms with E-state index in [0.29, 0.717) is 11.6 Å². The van der Waals surface area contributed by atoms with E-state index in [0.717, 1.165) is 67.2 Å². The summed E-state index contributed by atoms with van der Waals surface area (Å²) in [4.78, 5) is 17.7. The highest BCUT2D eigenvalue weighted by Crippen LogP contribution is 2.52. The van der Waals surface area contributed by atoms with Gasteiger partial charge in [-0.1, -0.05) is 19.1 Å². The molecular weight excluding hydrogens is 617 g/mol. The fourth-order valence-corrected chi connectivity index (χ4v) is 7.50. The molecule has 0 bridgehead atoms. The van der Waals surface area contributed by atoms with Crippen molar-refractivity contribution in [1.82, 2.24) is 19.5 Å². The average molecular weight is 664 g/mol. The van der Waals surface area contributed by atoms with Crippen molar-refractivity contribution in [3.05, 3.63) is 53.9 Å². The number of sulfonamides is 1. The van der Waals surface area contributed by atoms with Crippen molar-refractivity contribution in [2.45, 2.75) is 127 Å². The second-order valence-electron chi connectivity index (χ2n) is 14.7. The SMILES string of the molecule is CC(C)n1ccc(S(=O)(=O)NC(=O)Nc2c(-c3ccnc(OC4CCC(C)(B5OC(C)(C)C(C)(C)O5)CC4)c3)ccc3c2CCC3)n1. The molecule has 1 aromatic carbocycles. The number of urea groups is 1. The first kappa shape index (κ1) is 33.5. The number of amides is 2. The van der Waals surface area contributed by atoms with Gasteiger partial charge in [0.15, 0.2) is 5.03 Å². The highest BCUT2D eigenvalue weighted by Gasteiger charge is 2.58. The Kier molecular flexibility index (Phi) is 8.72. The molecule has 3 heterocycles. The Bertz CT molecular complexity index is 1750. The van der Waals surface area contributed by atoms with E-state index in [4.69, 9.17) is 14.0 Å². The highest BCUT2D eigenvalue weighted by molar-refractivity contribution is 7.90. The van der Waals surface area contributed by atoms with Crippen molar-refractivity contribution in [2.75, 3.05) is 5.32 Å². The zero-order chi connectivity index (χ0) is 33.8. The van der Waals surface area contributed by atoms with Gasteiger partial charge in [-0.2, -0.15) is 13.5 Å². The molecule has 2 amide bonds. The zero-order valence-electron chi connectivity index (χ0n) is 28.4. The topological polar surface area (TPSA) is 134 Å². The molecule has 1 saturated carbocycles. The van der Waals surface area contributed by atoms with Gasteiger partial charge in [-0.15, -0.1) is 0 Å². The zero-order valence-corrected chi connectivity index (χ0v) is 29.2. The molecule has 0 unspecified atom stereocenters. The van der Waals surface area contributed by atoms with Crippen LogP contribution < -0.4 is 14.8 Å². The number of carbonyl (C=O) groups is 1. The second kappa shape index (κ2) is 12.2. The van der Waals surface area contributed by atoms with E-state index >= 15 is 0 Å². The molecule has 2 aliphatic carbocycles. The molecule has 47 heavy (non-hydrogen) atoms.